The van der Waals surface area contributed by atoms with Crippen LogP contribution in [0.15, 0.2) is 18.2 Å². The zero-order valence-electron chi connectivity index (χ0n) is 19.8. The number of carbonyl (C=O) groups is 3. The highest BCUT2D eigenvalue weighted by atomic mass is 16.6. The Hall–Kier alpha value is -2.77. The predicted octanol–water partition coefficient (Wildman–Crippen LogP) is 3.67. The van der Waals surface area contributed by atoms with E-state index in [0.29, 0.717) is 69.2 Å². The number of amides is 2. The third-order valence-corrected chi connectivity index (χ3v) is 6.42. The number of benzene rings is 1. The molecular formula is C25H34N2O6. The lowest BCUT2D eigenvalue weighted by molar-refractivity contribution is -0.139. The lowest BCUT2D eigenvalue weighted by atomic mass is 9.88. The molecule has 0 bridgehead atoms. The Bertz CT molecular complexity index is 901. The number of piperidine rings is 2. The average Bonchev–Trinajstić information content (AvgIpc) is 2.82. The third-order valence-electron chi connectivity index (χ3n) is 6.42. The molecule has 3 heterocycles. The van der Waals surface area contributed by atoms with E-state index in [1.807, 2.05) is 20.8 Å². The maximum absolute atomic E-state index is 13.3. The van der Waals surface area contributed by atoms with Crippen LogP contribution in [-0.2, 0) is 9.53 Å². The van der Waals surface area contributed by atoms with Crippen LogP contribution < -0.4 is 9.47 Å². The number of carbonyl (C=O) groups excluding carboxylic acids is 3. The molecule has 1 aromatic rings. The Morgan fingerprint density at radius 3 is 2.33 bits per heavy atom. The molecule has 33 heavy (non-hydrogen) atoms. The molecule has 0 N–H and O–H groups in total. The van der Waals surface area contributed by atoms with Gasteiger partial charge >= 0.3 is 6.09 Å². The van der Waals surface area contributed by atoms with Gasteiger partial charge in [-0.15, -0.1) is 0 Å². The molecule has 0 spiro atoms. The molecule has 2 amide bonds. The monoisotopic (exact) mass is 458 g/mol. The molecule has 1 atom stereocenters. The van der Waals surface area contributed by atoms with Crippen LogP contribution in [0, 0.1) is 5.92 Å². The molecule has 0 aliphatic carbocycles. The Kier molecular flexibility index (Phi) is 6.81. The maximum atomic E-state index is 13.3. The van der Waals surface area contributed by atoms with Gasteiger partial charge in [0, 0.05) is 31.1 Å². The summed E-state index contributed by atoms with van der Waals surface area (Å²) in [6.07, 6.45) is 3.22. The summed E-state index contributed by atoms with van der Waals surface area (Å²) in [5.74, 6) is 1.18. The van der Waals surface area contributed by atoms with Crippen molar-refractivity contribution in [1.29, 1.82) is 0 Å². The quantitative estimate of drug-likeness (QED) is 0.643. The van der Waals surface area contributed by atoms with E-state index in [2.05, 4.69) is 0 Å². The summed E-state index contributed by atoms with van der Waals surface area (Å²) < 4.78 is 16.7. The second-order valence-electron chi connectivity index (χ2n) is 10.0. The summed E-state index contributed by atoms with van der Waals surface area (Å²) in [5.41, 5.74) is 0.0155. The normalized spacial score (nSPS) is 21.5. The number of hydrogen-bond acceptors (Lipinski definition) is 6. The second-order valence-corrected chi connectivity index (χ2v) is 10.0. The van der Waals surface area contributed by atoms with Gasteiger partial charge in [0.25, 0.3) is 0 Å². The zero-order chi connectivity index (χ0) is 23.6. The molecule has 8 heteroatoms. The summed E-state index contributed by atoms with van der Waals surface area (Å²) in [7, 11) is 0. The van der Waals surface area contributed by atoms with Gasteiger partial charge in [-0.2, -0.15) is 0 Å². The van der Waals surface area contributed by atoms with Gasteiger partial charge in [0.2, 0.25) is 5.91 Å². The van der Waals surface area contributed by atoms with Crippen LogP contribution in [0.4, 0.5) is 4.79 Å². The second kappa shape index (κ2) is 9.61. The molecule has 2 fully saturated rings. The van der Waals surface area contributed by atoms with Crippen molar-refractivity contribution < 1.29 is 28.6 Å². The van der Waals surface area contributed by atoms with Crippen molar-refractivity contribution in [2.24, 2.45) is 5.92 Å². The lowest BCUT2D eigenvalue weighted by Crippen LogP contribution is -2.55. The van der Waals surface area contributed by atoms with Crippen molar-refractivity contribution >= 4 is 17.8 Å². The van der Waals surface area contributed by atoms with E-state index in [1.165, 1.54) is 0 Å². The van der Waals surface area contributed by atoms with Crippen molar-refractivity contribution in [3.8, 4) is 11.5 Å². The number of nitrogens with zero attached hydrogens (tertiary/aromatic N) is 2. The van der Waals surface area contributed by atoms with Crippen molar-refractivity contribution in [1.82, 2.24) is 9.80 Å². The molecule has 2 saturated heterocycles. The van der Waals surface area contributed by atoms with E-state index < -0.39 is 17.7 Å². The van der Waals surface area contributed by atoms with Crippen LogP contribution in [-0.4, -0.2) is 72.1 Å². The molecule has 3 aliphatic heterocycles. The van der Waals surface area contributed by atoms with E-state index in [-0.39, 0.29) is 17.6 Å². The Labute approximate surface area is 195 Å². The third kappa shape index (κ3) is 5.42. The highest BCUT2D eigenvalue weighted by molar-refractivity contribution is 5.98. The number of Topliss-reactive ketones (excluding diaryl/α,β-unsaturated/α-hetero) is 1. The summed E-state index contributed by atoms with van der Waals surface area (Å²) in [4.78, 5) is 42.4. The molecular weight excluding hydrogens is 424 g/mol. The van der Waals surface area contributed by atoms with E-state index >= 15 is 0 Å². The number of likely N-dealkylation sites (tertiary alicyclic amines) is 2. The standard InChI is InChI=1S/C25H34N2O6/c1-25(2,3)33-24(30)27-11-5-4-6-19(27)23(29)26-12-9-17(10-13-26)22(28)18-7-8-20-21(16-18)32-15-14-31-20/h7-8,16-17,19H,4-6,9-15H2,1-3H3. The minimum absolute atomic E-state index is 0.0363. The van der Waals surface area contributed by atoms with Crippen molar-refractivity contribution in [2.75, 3.05) is 32.8 Å². The van der Waals surface area contributed by atoms with Gasteiger partial charge in [0.15, 0.2) is 17.3 Å². The molecule has 1 unspecified atom stereocenters. The van der Waals surface area contributed by atoms with E-state index in [1.54, 1.807) is 28.0 Å². The maximum Gasteiger partial charge on any atom is 0.410 e. The fraction of sp³-hybridized carbons (Fsp3) is 0.640. The van der Waals surface area contributed by atoms with Gasteiger partial charge in [-0.1, -0.05) is 0 Å². The average molecular weight is 459 g/mol. The molecule has 0 saturated carbocycles. The summed E-state index contributed by atoms with van der Waals surface area (Å²) >= 11 is 0. The van der Waals surface area contributed by atoms with Crippen LogP contribution in [0.2, 0.25) is 0 Å². The fourth-order valence-electron chi connectivity index (χ4n) is 4.73. The minimum Gasteiger partial charge on any atom is -0.486 e. The molecule has 180 valence electrons. The summed E-state index contributed by atoms with van der Waals surface area (Å²) in [5, 5.41) is 0. The first-order valence-electron chi connectivity index (χ1n) is 12.0. The van der Waals surface area contributed by atoms with Crippen LogP contribution in [0.5, 0.6) is 11.5 Å². The lowest BCUT2D eigenvalue weighted by Gasteiger charge is -2.40. The SMILES string of the molecule is CC(C)(C)OC(=O)N1CCCCC1C(=O)N1CCC(C(=O)c2ccc3c(c2)OCCO3)CC1. The molecule has 0 aromatic heterocycles. The predicted molar refractivity (Wildman–Crippen MR) is 122 cm³/mol. The van der Waals surface area contributed by atoms with Gasteiger partial charge < -0.3 is 19.1 Å². The van der Waals surface area contributed by atoms with Crippen LogP contribution in [0.25, 0.3) is 0 Å². The summed E-state index contributed by atoms with van der Waals surface area (Å²) in [6.45, 7) is 8.03. The van der Waals surface area contributed by atoms with Crippen molar-refractivity contribution in [2.45, 2.75) is 64.5 Å². The first-order valence-corrected chi connectivity index (χ1v) is 12.0. The van der Waals surface area contributed by atoms with Crippen molar-refractivity contribution in [3.05, 3.63) is 23.8 Å². The highest BCUT2D eigenvalue weighted by Gasteiger charge is 2.38. The van der Waals surface area contributed by atoms with Gasteiger partial charge in [0.1, 0.15) is 24.9 Å². The minimum atomic E-state index is -0.602. The van der Waals surface area contributed by atoms with Crippen LogP contribution >= 0.6 is 0 Å². The first kappa shape index (κ1) is 23.4. The van der Waals surface area contributed by atoms with Gasteiger partial charge in [-0.05, 0) is 71.1 Å². The number of ketones is 1. The van der Waals surface area contributed by atoms with E-state index in [0.717, 1.165) is 12.8 Å². The van der Waals surface area contributed by atoms with E-state index in [4.69, 9.17) is 14.2 Å². The molecule has 3 aliphatic rings. The van der Waals surface area contributed by atoms with Crippen LogP contribution in [0.3, 0.4) is 0 Å². The fourth-order valence-corrected chi connectivity index (χ4v) is 4.73. The van der Waals surface area contributed by atoms with Crippen molar-refractivity contribution in [3.63, 3.8) is 0 Å². The smallest absolute Gasteiger partial charge is 0.410 e. The molecule has 4 rings (SSSR count). The van der Waals surface area contributed by atoms with Gasteiger partial charge in [-0.3, -0.25) is 14.5 Å². The Morgan fingerprint density at radius 1 is 0.939 bits per heavy atom. The molecule has 0 radical (unpaired) electrons. The number of hydrogen-bond donors (Lipinski definition) is 0. The Balaban J connectivity index is 1.36. The van der Waals surface area contributed by atoms with Gasteiger partial charge in [-0.25, -0.2) is 4.79 Å². The zero-order valence-corrected chi connectivity index (χ0v) is 19.8. The van der Waals surface area contributed by atoms with E-state index in [9.17, 15) is 14.4 Å². The number of ether oxygens (including phenoxy) is 3. The topological polar surface area (TPSA) is 85.4 Å². The Morgan fingerprint density at radius 2 is 1.64 bits per heavy atom. The highest BCUT2D eigenvalue weighted by Crippen LogP contribution is 2.33. The van der Waals surface area contributed by atoms with Gasteiger partial charge in [0.05, 0.1) is 0 Å². The number of rotatable bonds is 3. The molecule has 8 nitrogen and oxygen atoms in total. The first-order chi connectivity index (χ1) is 15.7. The van der Waals surface area contributed by atoms with Crippen LogP contribution in [0.1, 0.15) is 63.2 Å². The largest absolute Gasteiger partial charge is 0.486 e. The molecule has 1 aromatic carbocycles. The number of fused-ring (bicyclic) bond motifs is 1. The summed E-state index contributed by atoms with van der Waals surface area (Å²) in [6, 6.07) is 4.84.